The lowest BCUT2D eigenvalue weighted by atomic mass is 9.84. The van der Waals surface area contributed by atoms with E-state index in [9.17, 15) is 24.6 Å². The summed E-state index contributed by atoms with van der Waals surface area (Å²) in [5, 5.41) is 20.2. The van der Waals surface area contributed by atoms with Gasteiger partial charge in [0.05, 0.1) is 16.5 Å². The zero-order valence-corrected chi connectivity index (χ0v) is 12.4. The first kappa shape index (κ1) is 14.2. The number of phenolic OH excluding ortho intramolecular Hbond substituents is 2. The van der Waals surface area contributed by atoms with Gasteiger partial charge < -0.3 is 14.6 Å². The molecule has 6 nitrogen and oxygen atoms in total. The van der Waals surface area contributed by atoms with Gasteiger partial charge in [-0.25, -0.2) is 4.79 Å². The molecule has 24 heavy (non-hydrogen) atoms. The van der Waals surface area contributed by atoms with E-state index in [2.05, 4.69) is 0 Å². The number of aryl methyl sites for hydroxylation is 1. The molecule has 0 atom stereocenters. The molecule has 0 unspecified atom stereocenters. The first-order valence-electron chi connectivity index (χ1n) is 7.12. The third-order valence-corrected chi connectivity index (χ3v) is 4.10. The van der Waals surface area contributed by atoms with Crippen LogP contribution >= 0.6 is 0 Å². The molecule has 3 aromatic rings. The van der Waals surface area contributed by atoms with Crippen LogP contribution in [0.15, 0.2) is 39.5 Å². The molecule has 118 valence electrons. The zero-order valence-electron chi connectivity index (χ0n) is 12.4. The van der Waals surface area contributed by atoms with E-state index in [1.54, 1.807) is 6.92 Å². The van der Waals surface area contributed by atoms with Gasteiger partial charge in [-0.3, -0.25) is 9.59 Å². The summed E-state index contributed by atoms with van der Waals surface area (Å²) < 4.78 is 5.07. The first-order chi connectivity index (χ1) is 11.4. The summed E-state index contributed by atoms with van der Waals surface area (Å²) in [6.45, 7) is 1.68. The maximum absolute atomic E-state index is 12.8. The van der Waals surface area contributed by atoms with Gasteiger partial charge in [0.1, 0.15) is 11.5 Å². The molecule has 4 rings (SSSR count). The molecule has 6 heteroatoms. The predicted molar refractivity (Wildman–Crippen MR) is 83.9 cm³/mol. The molecule has 0 fully saturated rings. The number of rotatable bonds is 0. The van der Waals surface area contributed by atoms with Crippen molar-refractivity contribution in [3.05, 3.63) is 68.8 Å². The minimum atomic E-state index is -0.831. The molecule has 2 N–H and O–H groups in total. The van der Waals surface area contributed by atoms with E-state index in [1.807, 2.05) is 0 Å². The summed E-state index contributed by atoms with van der Waals surface area (Å²) in [6.07, 6.45) is 0. The number of benzene rings is 2. The highest BCUT2D eigenvalue weighted by Gasteiger charge is 2.37. The summed E-state index contributed by atoms with van der Waals surface area (Å²) in [5.41, 5.74) is -0.584. The maximum Gasteiger partial charge on any atom is 0.344 e. The zero-order chi connectivity index (χ0) is 17.2. The average molecular weight is 322 g/mol. The number of carbonyl (C=O) groups excluding carboxylic acids is 2. The maximum atomic E-state index is 12.8. The van der Waals surface area contributed by atoms with Gasteiger partial charge >= 0.3 is 5.63 Å². The van der Waals surface area contributed by atoms with Crippen molar-refractivity contribution in [3.63, 3.8) is 0 Å². The molecular formula is C18H10O6. The number of fused-ring (bicyclic) bond motifs is 4. The molecule has 1 aliphatic rings. The molecule has 1 aliphatic carbocycles. The van der Waals surface area contributed by atoms with E-state index in [1.165, 1.54) is 30.3 Å². The van der Waals surface area contributed by atoms with E-state index in [0.717, 1.165) is 0 Å². The fourth-order valence-electron chi connectivity index (χ4n) is 3.10. The fraction of sp³-hybridized carbons (Fsp3) is 0.0556. The molecular weight excluding hydrogens is 312 g/mol. The lowest BCUT2D eigenvalue weighted by Gasteiger charge is -2.18. The van der Waals surface area contributed by atoms with Gasteiger partial charge in [0, 0.05) is 10.9 Å². The third kappa shape index (κ3) is 1.68. The van der Waals surface area contributed by atoms with Gasteiger partial charge in [-0.1, -0.05) is 12.1 Å². The third-order valence-electron chi connectivity index (χ3n) is 4.10. The van der Waals surface area contributed by atoms with E-state index in [4.69, 9.17) is 4.42 Å². The standard InChI is InChI=1S/C18H10O6/c1-7-5-9-12(11(20)6-7)14-15(21)8-3-2-4-10(19)13(8)16(22)17(14)24-18(9)23/h2-6,19-20H,1H3. The van der Waals surface area contributed by atoms with Crippen LogP contribution < -0.4 is 5.63 Å². The molecule has 0 bridgehead atoms. The van der Waals surface area contributed by atoms with Gasteiger partial charge in [0.25, 0.3) is 0 Å². The number of hydrogen-bond acceptors (Lipinski definition) is 6. The Hall–Kier alpha value is -3.41. The Kier molecular flexibility index (Phi) is 2.69. The summed E-state index contributed by atoms with van der Waals surface area (Å²) >= 11 is 0. The van der Waals surface area contributed by atoms with Gasteiger partial charge in [-0.15, -0.1) is 0 Å². The molecule has 0 amide bonds. The van der Waals surface area contributed by atoms with Crippen molar-refractivity contribution in [2.75, 3.05) is 0 Å². The fourth-order valence-corrected chi connectivity index (χ4v) is 3.10. The summed E-state index contributed by atoms with van der Waals surface area (Å²) in [5.74, 6) is -2.47. The number of aromatic hydroxyl groups is 2. The first-order valence-corrected chi connectivity index (χ1v) is 7.12. The minimum Gasteiger partial charge on any atom is -0.507 e. The van der Waals surface area contributed by atoms with E-state index >= 15 is 0 Å². The molecule has 0 radical (unpaired) electrons. The van der Waals surface area contributed by atoms with Crippen molar-refractivity contribution in [3.8, 4) is 11.5 Å². The van der Waals surface area contributed by atoms with Crippen molar-refractivity contribution in [2.45, 2.75) is 6.92 Å². The molecule has 0 saturated heterocycles. The normalized spacial score (nSPS) is 13.0. The smallest absolute Gasteiger partial charge is 0.344 e. The number of carbonyl (C=O) groups is 2. The lowest BCUT2D eigenvalue weighted by molar-refractivity contribution is 0.0952. The Labute approximate surface area is 134 Å². The number of ketones is 2. The van der Waals surface area contributed by atoms with Crippen molar-refractivity contribution in [2.24, 2.45) is 0 Å². The average Bonchev–Trinajstić information content (AvgIpc) is 2.52. The number of hydrogen-bond donors (Lipinski definition) is 2. The minimum absolute atomic E-state index is 0.00243. The Bertz CT molecular complexity index is 1140. The number of phenols is 2. The van der Waals surface area contributed by atoms with Crippen molar-refractivity contribution >= 4 is 22.3 Å². The Morgan fingerprint density at radius 3 is 2.42 bits per heavy atom. The molecule has 1 aromatic heterocycles. The van der Waals surface area contributed by atoms with Crippen LogP contribution in [0, 0.1) is 6.92 Å². The monoisotopic (exact) mass is 322 g/mol. The molecule has 0 saturated carbocycles. The van der Waals surface area contributed by atoms with Crippen LogP contribution in [0.4, 0.5) is 0 Å². The van der Waals surface area contributed by atoms with Crippen LogP contribution in [0.2, 0.25) is 0 Å². The van der Waals surface area contributed by atoms with Crippen LogP contribution in [0.25, 0.3) is 10.8 Å². The Morgan fingerprint density at radius 2 is 1.67 bits per heavy atom. The highest BCUT2D eigenvalue weighted by Crippen LogP contribution is 2.37. The SMILES string of the molecule is Cc1cc(O)c2c3c(oc(=O)c2c1)C(=O)c1c(O)cccc1C3=O. The second-order valence-electron chi connectivity index (χ2n) is 5.66. The Morgan fingerprint density at radius 1 is 0.917 bits per heavy atom. The topological polar surface area (TPSA) is 105 Å². The predicted octanol–water partition coefficient (Wildman–Crippen LogP) is 2.29. The van der Waals surface area contributed by atoms with E-state index in [0.29, 0.717) is 5.56 Å². The van der Waals surface area contributed by atoms with Crippen molar-refractivity contribution < 1.29 is 24.2 Å². The van der Waals surface area contributed by atoms with Crippen LogP contribution in [0.5, 0.6) is 11.5 Å². The summed E-state index contributed by atoms with van der Waals surface area (Å²) in [7, 11) is 0. The second-order valence-corrected chi connectivity index (χ2v) is 5.66. The molecule has 0 aliphatic heterocycles. The highest BCUT2D eigenvalue weighted by molar-refractivity contribution is 6.32. The van der Waals surface area contributed by atoms with Gasteiger partial charge in [-0.2, -0.15) is 0 Å². The molecule has 0 spiro atoms. The van der Waals surface area contributed by atoms with Crippen LogP contribution in [-0.2, 0) is 0 Å². The summed E-state index contributed by atoms with van der Waals surface area (Å²) in [4.78, 5) is 37.7. The van der Waals surface area contributed by atoms with Gasteiger partial charge in [-0.05, 0) is 30.7 Å². The van der Waals surface area contributed by atoms with E-state index in [-0.39, 0.29) is 39.0 Å². The lowest BCUT2D eigenvalue weighted by Crippen LogP contribution is -2.24. The molecule has 2 aromatic carbocycles. The van der Waals surface area contributed by atoms with Crippen LogP contribution in [0.3, 0.4) is 0 Å². The second kappa shape index (κ2) is 4.55. The van der Waals surface area contributed by atoms with Crippen LogP contribution in [0.1, 0.15) is 37.6 Å². The Balaban J connectivity index is 2.21. The van der Waals surface area contributed by atoms with Crippen LogP contribution in [-0.4, -0.2) is 21.8 Å². The van der Waals surface area contributed by atoms with E-state index < -0.39 is 23.0 Å². The van der Waals surface area contributed by atoms with Crippen molar-refractivity contribution in [1.29, 1.82) is 0 Å². The largest absolute Gasteiger partial charge is 0.507 e. The van der Waals surface area contributed by atoms with Gasteiger partial charge in [0.2, 0.25) is 5.78 Å². The molecule has 1 heterocycles. The quantitative estimate of drug-likeness (QED) is 0.514. The van der Waals surface area contributed by atoms with Crippen molar-refractivity contribution in [1.82, 2.24) is 0 Å². The van der Waals surface area contributed by atoms with Gasteiger partial charge in [0.15, 0.2) is 11.5 Å². The highest BCUT2D eigenvalue weighted by atomic mass is 16.4. The summed E-state index contributed by atoms with van der Waals surface area (Å²) in [6, 6.07) is 7.00.